The number of nitrogens with one attached hydrogen (secondary N) is 1. The van der Waals surface area contributed by atoms with Crippen LogP contribution in [-0.2, 0) is 36.1 Å². The average Bonchev–Trinajstić information content (AvgIpc) is 4.20. The second kappa shape index (κ2) is 17.9. The SMILES string of the molecule is CC(C)n1c(COC2CCCCO2)nc2cnc(N(c3ccnc(-c4cnn(S(=O)(=O)C5CC5)c4)n3)C(O)c3nc4cnc(Nc5ccnc(-c6cnn(S(=O)(=O)C7CC7)c6)n5)cc4n3C(C)C)cc21. The molecule has 3 aliphatic rings. The summed E-state index contributed by atoms with van der Waals surface area (Å²) in [4.78, 5) is 39.3. The Balaban J connectivity index is 0.964. The summed E-state index contributed by atoms with van der Waals surface area (Å²) < 4.78 is 69.7. The average molecular weight is 991 g/mol. The summed E-state index contributed by atoms with van der Waals surface area (Å²) in [5.41, 5.74) is 3.29. The molecule has 0 aromatic carbocycles. The molecule has 1 saturated heterocycles. The van der Waals surface area contributed by atoms with Gasteiger partial charge in [0, 0.05) is 43.2 Å². The van der Waals surface area contributed by atoms with Crippen LogP contribution in [0.25, 0.3) is 44.8 Å². The Hall–Kier alpha value is -6.80. The lowest BCUT2D eigenvalue weighted by Crippen LogP contribution is -2.28. The topological polar surface area (TPSA) is 271 Å². The van der Waals surface area contributed by atoms with Crippen molar-refractivity contribution in [3.63, 3.8) is 0 Å². The van der Waals surface area contributed by atoms with Gasteiger partial charge in [0.2, 0.25) is 0 Å². The molecule has 25 heteroatoms. The number of aliphatic hydroxyl groups is 1. The number of hydrogen-bond donors (Lipinski definition) is 2. The number of fused-ring (bicyclic) bond motifs is 2. The Bertz CT molecular complexity index is 3480. The molecular formula is C45H50N16O7S2. The van der Waals surface area contributed by atoms with Crippen molar-refractivity contribution in [3.8, 4) is 22.8 Å². The van der Waals surface area contributed by atoms with Gasteiger partial charge in [-0.25, -0.2) is 56.7 Å². The smallest absolute Gasteiger partial charge is 0.256 e. The van der Waals surface area contributed by atoms with Crippen molar-refractivity contribution in [1.29, 1.82) is 0 Å². The largest absolute Gasteiger partial charge is 0.366 e. The summed E-state index contributed by atoms with van der Waals surface area (Å²) in [5, 5.41) is 23.4. The van der Waals surface area contributed by atoms with E-state index in [4.69, 9.17) is 29.4 Å². The van der Waals surface area contributed by atoms with Crippen LogP contribution in [0.4, 0.5) is 23.3 Å². The molecule has 9 heterocycles. The maximum absolute atomic E-state index is 13.1. The molecule has 0 spiro atoms. The molecule has 364 valence electrons. The predicted molar refractivity (Wildman–Crippen MR) is 256 cm³/mol. The molecule has 2 atom stereocenters. The van der Waals surface area contributed by atoms with Crippen LogP contribution in [0, 0.1) is 0 Å². The molecule has 2 aliphatic carbocycles. The minimum Gasteiger partial charge on any atom is -0.366 e. The zero-order valence-corrected chi connectivity index (χ0v) is 40.3. The van der Waals surface area contributed by atoms with Gasteiger partial charge in [-0.05, 0) is 84.8 Å². The first kappa shape index (κ1) is 45.6. The highest BCUT2D eigenvalue weighted by Gasteiger charge is 2.39. The van der Waals surface area contributed by atoms with Crippen LogP contribution in [-0.4, -0.2) is 113 Å². The van der Waals surface area contributed by atoms with Gasteiger partial charge < -0.3 is 29.0 Å². The first-order chi connectivity index (χ1) is 33.7. The molecule has 2 saturated carbocycles. The number of aliphatic hydroxyl groups excluding tert-OH is 1. The molecule has 3 fully saturated rings. The molecule has 11 rings (SSSR count). The highest BCUT2D eigenvalue weighted by atomic mass is 32.2. The van der Waals surface area contributed by atoms with E-state index in [1.807, 2.05) is 24.5 Å². The fraction of sp³-hybridized carbons (Fsp3) is 0.422. The number of ether oxygens (including phenoxy) is 2. The number of imidazole rings is 2. The molecule has 1 aliphatic heterocycles. The highest BCUT2D eigenvalue weighted by Crippen LogP contribution is 2.38. The van der Waals surface area contributed by atoms with E-state index < -0.39 is 36.8 Å². The summed E-state index contributed by atoms with van der Waals surface area (Å²) in [6.45, 7) is 8.93. The normalized spacial score (nSPS) is 17.3. The Morgan fingerprint density at radius 3 is 1.99 bits per heavy atom. The zero-order valence-electron chi connectivity index (χ0n) is 38.7. The number of aromatic nitrogens is 14. The molecule has 70 heavy (non-hydrogen) atoms. The number of nitrogens with zero attached hydrogens (tertiary/aromatic N) is 15. The van der Waals surface area contributed by atoms with Gasteiger partial charge in [0.15, 0.2) is 30.0 Å². The summed E-state index contributed by atoms with van der Waals surface area (Å²) in [5.74, 6) is 2.73. The van der Waals surface area contributed by atoms with Gasteiger partial charge in [-0.3, -0.25) is 4.90 Å². The van der Waals surface area contributed by atoms with E-state index in [0.29, 0.717) is 83.2 Å². The monoisotopic (exact) mass is 990 g/mol. The molecule has 0 radical (unpaired) electrons. The lowest BCUT2D eigenvalue weighted by molar-refractivity contribution is -0.170. The highest BCUT2D eigenvalue weighted by molar-refractivity contribution is 7.91. The number of pyridine rings is 2. The number of rotatable bonds is 17. The van der Waals surface area contributed by atoms with E-state index in [1.54, 1.807) is 41.7 Å². The fourth-order valence-corrected chi connectivity index (χ4v) is 11.6. The Kier molecular flexibility index (Phi) is 11.6. The van der Waals surface area contributed by atoms with Crippen LogP contribution in [0.3, 0.4) is 0 Å². The quantitative estimate of drug-likeness (QED) is 0.0999. The van der Waals surface area contributed by atoms with Crippen molar-refractivity contribution in [2.24, 2.45) is 0 Å². The third-order valence-electron chi connectivity index (χ3n) is 12.4. The Morgan fingerprint density at radius 1 is 0.714 bits per heavy atom. The molecule has 0 bridgehead atoms. The Labute approximate surface area is 402 Å². The van der Waals surface area contributed by atoms with E-state index in [-0.39, 0.29) is 48.3 Å². The maximum Gasteiger partial charge on any atom is 0.256 e. The standard InChI is InChI=1S/C45H50N16O7S2/c1-26(2)59-35-18-39(49-22-32(35)52-40(59)25-68-41-7-5-6-16-67-41)61(38-13-15-47-43(56-38)29-20-51-58(24-29)70(65,66)31-10-11-31)45(62)44-53-33-21-48-37(17-34(33)60(44)27(3)4)54-36-12-14-46-42(55-36)28-19-50-57(23-28)69(63,64)30-8-9-30/h12-15,17-24,26-27,30-31,41,45,62H,5-11,16,25H2,1-4H3,(H,46,48,54,55). The van der Waals surface area contributed by atoms with Gasteiger partial charge in [-0.2, -0.15) is 18.4 Å². The van der Waals surface area contributed by atoms with E-state index in [0.717, 1.165) is 33.0 Å². The lowest BCUT2D eigenvalue weighted by Gasteiger charge is -2.29. The molecule has 8 aromatic heterocycles. The van der Waals surface area contributed by atoms with Crippen LogP contribution in [0.1, 0.15) is 103 Å². The number of hydrogen-bond acceptors (Lipinski definition) is 19. The Morgan fingerprint density at radius 2 is 1.34 bits per heavy atom. The van der Waals surface area contributed by atoms with Crippen molar-refractivity contribution < 1.29 is 31.4 Å². The molecule has 2 unspecified atom stereocenters. The maximum atomic E-state index is 13.1. The van der Waals surface area contributed by atoms with Crippen molar-refractivity contribution in [1.82, 2.24) is 67.4 Å². The second-order valence-electron chi connectivity index (χ2n) is 18.2. The van der Waals surface area contributed by atoms with Crippen LogP contribution < -0.4 is 10.2 Å². The van der Waals surface area contributed by atoms with E-state index in [1.165, 1.54) is 31.0 Å². The minimum absolute atomic E-state index is 0.0391. The fourth-order valence-electron chi connectivity index (χ4n) is 8.63. The number of anilines is 4. The summed E-state index contributed by atoms with van der Waals surface area (Å²) in [6, 6.07) is 6.65. The first-order valence-electron chi connectivity index (χ1n) is 23.2. The predicted octanol–water partition coefficient (Wildman–Crippen LogP) is 5.94. The van der Waals surface area contributed by atoms with E-state index in [9.17, 15) is 21.9 Å². The zero-order chi connectivity index (χ0) is 48.5. The van der Waals surface area contributed by atoms with E-state index in [2.05, 4.69) is 53.9 Å². The molecule has 0 amide bonds. The van der Waals surface area contributed by atoms with Gasteiger partial charge in [0.25, 0.3) is 20.0 Å². The van der Waals surface area contributed by atoms with Gasteiger partial charge >= 0.3 is 0 Å². The first-order valence-corrected chi connectivity index (χ1v) is 26.2. The minimum atomic E-state index is -3.66. The molecule has 8 aromatic rings. The third-order valence-corrected chi connectivity index (χ3v) is 16.4. The summed E-state index contributed by atoms with van der Waals surface area (Å²) >= 11 is 0. The third kappa shape index (κ3) is 8.64. The van der Waals surface area contributed by atoms with Crippen LogP contribution in [0.2, 0.25) is 0 Å². The van der Waals surface area contributed by atoms with Gasteiger partial charge in [-0.15, -0.1) is 0 Å². The van der Waals surface area contributed by atoms with Crippen LogP contribution >= 0.6 is 0 Å². The second-order valence-corrected chi connectivity index (χ2v) is 22.3. The molecule has 23 nitrogen and oxygen atoms in total. The lowest BCUT2D eigenvalue weighted by atomic mass is 10.2. The molecule has 2 N–H and O–H groups in total. The van der Waals surface area contributed by atoms with Crippen molar-refractivity contribution in [3.05, 3.63) is 85.5 Å². The van der Waals surface area contributed by atoms with Crippen molar-refractivity contribution in [2.45, 2.75) is 114 Å². The van der Waals surface area contributed by atoms with E-state index >= 15 is 0 Å². The van der Waals surface area contributed by atoms with Gasteiger partial charge in [0.1, 0.15) is 46.7 Å². The van der Waals surface area contributed by atoms with Crippen LogP contribution in [0.15, 0.2) is 73.8 Å². The van der Waals surface area contributed by atoms with Gasteiger partial charge in [-0.1, -0.05) is 0 Å². The summed E-state index contributed by atoms with van der Waals surface area (Å²) in [6.07, 6.45) is 15.3. The van der Waals surface area contributed by atoms with Gasteiger partial charge in [0.05, 0.1) is 69.8 Å². The van der Waals surface area contributed by atoms with Crippen molar-refractivity contribution >= 4 is 65.4 Å². The summed E-state index contributed by atoms with van der Waals surface area (Å²) in [7, 11) is -7.23. The molecular weight excluding hydrogens is 941 g/mol. The van der Waals surface area contributed by atoms with Crippen molar-refractivity contribution in [2.75, 3.05) is 16.8 Å². The van der Waals surface area contributed by atoms with Crippen LogP contribution in [0.5, 0.6) is 0 Å².